The maximum Gasteiger partial charge on any atom is 0.254 e. The van der Waals surface area contributed by atoms with Gasteiger partial charge in [-0.15, -0.1) is 0 Å². The van der Waals surface area contributed by atoms with Crippen molar-refractivity contribution >= 4 is 11.8 Å². The van der Waals surface area contributed by atoms with Crippen LogP contribution in [-0.4, -0.2) is 42.5 Å². The first-order valence-corrected chi connectivity index (χ1v) is 10.9. The molecule has 5 heteroatoms. The highest BCUT2D eigenvalue weighted by Crippen LogP contribution is 2.49. The molecule has 1 heterocycles. The Morgan fingerprint density at radius 3 is 2.50 bits per heavy atom. The zero-order valence-electron chi connectivity index (χ0n) is 17.6. The molecule has 0 bridgehead atoms. The number of carbonyl (C=O) groups excluding carboxylic acids is 2. The zero-order valence-corrected chi connectivity index (χ0v) is 17.6. The molecule has 5 nitrogen and oxygen atoms in total. The van der Waals surface area contributed by atoms with Gasteiger partial charge in [0.2, 0.25) is 5.91 Å². The van der Waals surface area contributed by atoms with Crippen LogP contribution >= 0.6 is 0 Å². The van der Waals surface area contributed by atoms with Crippen LogP contribution in [0.1, 0.15) is 59.5 Å². The second-order valence-electron chi connectivity index (χ2n) is 8.35. The number of carbonyl (C=O) groups is 2. The summed E-state index contributed by atoms with van der Waals surface area (Å²) in [6.45, 7) is 1.46. The predicted octanol–water partition coefficient (Wildman–Crippen LogP) is 3.89. The Labute approximate surface area is 178 Å². The van der Waals surface area contributed by atoms with E-state index in [1.54, 1.807) is 7.11 Å². The van der Waals surface area contributed by atoms with Crippen LogP contribution < -0.4 is 5.32 Å². The van der Waals surface area contributed by atoms with Crippen LogP contribution in [-0.2, 0) is 16.1 Å². The first-order valence-electron chi connectivity index (χ1n) is 10.9. The Morgan fingerprint density at radius 1 is 1.07 bits per heavy atom. The van der Waals surface area contributed by atoms with E-state index in [1.807, 2.05) is 47.4 Å². The number of amides is 2. The Kier molecular flexibility index (Phi) is 6.18. The number of ether oxygens (including phenoxy) is 1. The van der Waals surface area contributed by atoms with Crippen LogP contribution in [0, 0.1) is 0 Å². The first kappa shape index (κ1) is 20.6. The monoisotopic (exact) mass is 406 g/mol. The minimum Gasteiger partial charge on any atom is -0.383 e. The van der Waals surface area contributed by atoms with Crippen LogP contribution in [0.5, 0.6) is 0 Å². The summed E-state index contributed by atoms with van der Waals surface area (Å²) >= 11 is 0. The second-order valence-corrected chi connectivity index (χ2v) is 8.35. The van der Waals surface area contributed by atoms with Crippen LogP contribution in [0.15, 0.2) is 54.6 Å². The first-order chi connectivity index (χ1) is 14.7. The van der Waals surface area contributed by atoms with Gasteiger partial charge in [-0.05, 0) is 30.0 Å². The van der Waals surface area contributed by atoms with Crippen molar-refractivity contribution in [2.24, 2.45) is 0 Å². The number of hydrogen-bond acceptors (Lipinski definition) is 3. The quantitative estimate of drug-likeness (QED) is 0.741. The smallest absolute Gasteiger partial charge is 0.254 e. The molecule has 4 rings (SSSR count). The standard InChI is InChI=1S/C25H30N2O3/c1-30-17-16-26-23(28)22-20-12-6-7-13-21(20)24(29)27(18-19-10-4-2-5-11-19)25(22)14-8-3-9-15-25/h2,4-7,10-13,22H,3,8-9,14-18H2,1H3,(H,26,28). The van der Waals surface area contributed by atoms with Crippen molar-refractivity contribution in [2.75, 3.05) is 20.3 Å². The molecule has 2 aromatic carbocycles. The van der Waals surface area contributed by atoms with E-state index in [2.05, 4.69) is 17.4 Å². The highest BCUT2D eigenvalue weighted by Gasteiger charge is 2.54. The number of hydrogen-bond donors (Lipinski definition) is 1. The van der Waals surface area contributed by atoms with Gasteiger partial charge >= 0.3 is 0 Å². The highest BCUT2D eigenvalue weighted by atomic mass is 16.5. The summed E-state index contributed by atoms with van der Waals surface area (Å²) in [6, 6.07) is 17.7. The third-order valence-corrected chi connectivity index (χ3v) is 6.59. The largest absolute Gasteiger partial charge is 0.383 e. The molecule has 2 aromatic rings. The molecule has 1 atom stereocenters. The number of nitrogens with zero attached hydrogens (tertiary/aromatic N) is 1. The minimum absolute atomic E-state index is 0.00744. The average Bonchev–Trinajstić information content (AvgIpc) is 2.78. The van der Waals surface area contributed by atoms with Gasteiger partial charge in [-0.1, -0.05) is 67.8 Å². The molecule has 1 spiro atoms. The fourth-order valence-electron chi connectivity index (χ4n) is 5.22. The van der Waals surface area contributed by atoms with E-state index >= 15 is 0 Å². The topological polar surface area (TPSA) is 58.6 Å². The maximum atomic E-state index is 13.7. The summed E-state index contributed by atoms with van der Waals surface area (Å²) in [5.74, 6) is -0.337. The van der Waals surface area contributed by atoms with Crippen LogP contribution in [0.25, 0.3) is 0 Å². The van der Waals surface area contributed by atoms with E-state index in [9.17, 15) is 9.59 Å². The van der Waals surface area contributed by atoms with E-state index in [1.165, 1.54) is 0 Å². The van der Waals surface area contributed by atoms with Crippen molar-refractivity contribution in [2.45, 2.75) is 50.1 Å². The van der Waals surface area contributed by atoms with Crippen LogP contribution in [0.4, 0.5) is 0 Å². The SMILES string of the molecule is COCCNC(=O)C1c2ccccc2C(=O)N(Cc2ccccc2)C12CCCCC2. The molecule has 1 N–H and O–H groups in total. The van der Waals surface area contributed by atoms with Crippen molar-refractivity contribution in [3.8, 4) is 0 Å². The molecule has 30 heavy (non-hydrogen) atoms. The average molecular weight is 407 g/mol. The lowest BCUT2D eigenvalue weighted by atomic mass is 9.65. The van der Waals surface area contributed by atoms with E-state index in [-0.39, 0.29) is 17.7 Å². The summed E-state index contributed by atoms with van der Waals surface area (Å²) in [5.41, 5.74) is 2.12. The molecule has 1 unspecified atom stereocenters. The Hall–Kier alpha value is -2.66. The van der Waals surface area contributed by atoms with Gasteiger partial charge in [-0.3, -0.25) is 9.59 Å². The molecular weight excluding hydrogens is 376 g/mol. The van der Waals surface area contributed by atoms with E-state index in [0.29, 0.717) is 25.3 Å². The molecule has 1 aliphatic heterocycles. The van der Waals surface area contributed by atoms with Crippen molar-refractivity contribution in [3.63, 3.8) is 0 Å². The molecule has 158 valence electrons. The minimum atomic E-state index is -0.489. The molecular formula is C25H30N2O3. The lowest BCUT2D eigenvalue weighted by molar-refractivity contribution is -0.127. The van der Waals surface area contributed by atoms with Gasteiger partial charge in [0.15, 0.2) is 0 Å². The molecule has 1 fully saturated rings. The fraction of sp³-hybridized carbons (Fsp3) is 0.440. The number of benzene rings is 2. The third kappa shape index (κ3) is 3.74. The van der Waals surface area contributed by atoms with Gasteiger partial charge in [0.05, 0.1) is 18.1 Å². The predicted molar refractivity (Wildman–Crippen MR) is 116 cm³/mol. The van der Waals surface area contributed by atoms with Crippen molar-refractivity contribution < 1.29 is 14.3 Å². The van der Waals surface area contributed by atoms with E-state index in [4.69, 9.17) is 4.74 Å². The van der Waals surface area contributed by atoms with Gasteiger partial charge in [0, 0.05) is 25.8 Å². The lowest BCUT2D eigenvalue weighted by Gasteiger charge is -2.53. The summed E-state index contributed by atoms with van der Waals surface area (Å²) in [5, 5.41) is 3.06. The third-order valence-electron chi connectivity index (χ3n) is 6.59. The number of nitrogens with one attached hydrogen (secondary N) is 1. The van der Waals surface area contributed by atoms with Crippen molar-refractivity contribution in [3.05, 3.63) is 71.3 Å². The number of methoxy groups -OCH3 is 1. The highest BCUT2D eigenvalue weighted by molar-refractivity contribution is 6.02. The molecule has 2 amide bonds. The summed E-state index contributed by atoms with van der Waals surface area (Å²) in [4.78, 5) is 29.2. The van der Waals surface area contributed by atoms with Gasteiger partial charge in [0.25, 0.3) is 5.91 Å². The molecule has 2 aliphatic rings. The summed E-state index contributed by atoms with van der Waals surface area (Å²) in [7, 11) is 1.63. The lowest BCUT2D eigenvalue weighted by Crippen LogP contribution is -2.62. The van der Waals surface area contributed by atoms with Crippen molar-refractivity contribution in [1.29, 1.82) is 0 Å². The van der Waals surface area contributed by atoms with Gasteiger partial charge < -0.3 is 15.0 Å². The Morgan fingerprint density at radius 2 is 1.77 bits per heavy atom. The van der Waals surface area contributed by atoms with Gasteiger partial charge in [-0.2, -0.15) is 0 Å². The second kappa shape index (κ2) is 9.00. The van der Waals surface area contributed by atoms with Crippen molar-refractivity contribution in [1.82, 2.24) is 10.2 Å². The van der Waals surface area contributed by atoms with Gasteiger partial charge in [-0.25, -0.2) is 0 Å². The van der Waals surface area contributed by atoms with E-state index < -0.39 is 5.54 Å². The molecule has 0 saturated heterocycles. The number of fused-ring (bicyclic) bond motifs is 1. The van der Waals surface area contributed by atoms with E-state index in [0.717, 1.165) is 43.2 Å². The molecule has 0 radical (unpaired) electrons. The Balaban J connectivity index is 1.79. The summed E-state index contributed by atoms with van der Waals surface area (Å²) in [6.07, 6.45) is 4.91. The van der Waals surface area contributed by atoms with Crippen LogP contribution in [0.2, 0.25) is 0 Å². The molecule has 1 saturated carbocycles. The van der Waals surface area contributed by atoms with Gasteiger partial charge in [0.1, 0.15) is 0 Å². The zero-order chi connectivity index (χ0) is 21.0. The normalized spacial score (nSPS) is 20.1. The maximum absolute atomic E-state index is 13.7. The van der Waals surface area contributed by atoms with Crippen LogP contribution in [0.3, 0.4) is 0 Å². The fourth-order valence-corrected chi connectivity index (χ4v) is 5.22. The molecule has 0 aromatic heterocycles. The Bertz CT molecular complexity index is 890. The molecule has 1 aliphatic carbocycles. The summed E-state index contributed by atoms with van der Waals surface area (Å²) < 4.78 is 5.12. The number of rotatable bonds is 6.